The molecule has 6 nitrogen and oxygen atoms in total. The molecule has 170 valence electrons. The van der Waals surface area contributed by atoms with Crippen molar-refractivity contribution in [3.05, 3.63) is 62.7 Å². The van der Waals surface area contributed by atoms with Crippen LogP contribution in [0.1, 0.15) is 33.3 Å². The second kappa shape index (κ2) is 9.17. The zero-order valence-corrected chi connectivity index (χ0v) is 20.6. The Labute approximate surface area is 195 Å². The fourth-order valence-corrected chi connectivity index (χ4v) is 5.98. The molecule has 10 heteroatoms. The molecule has 0 N–H and O–H groups in total. The summed E-state index contributed by atoms with van der Waals surface area (Å²) in [6, 6.07) is 7.10. The van der Waals surface area contributed by atoms with Gasteiger partial charge in [-0.1, -0.05) is 11.6 Å². The largest absolute Gasteiger partial charge is 0.465 e. The molecule has 32 heavy (non-hydrogen) atoms. The summed E-state index contributed by atoms with van der Waals surface area (Å²) in [5.41, 5.74) is 2.08. The van der Waals surface area contributed by atoms with E-state index >= 15 is 0 Å². The monoisotopic (exact) mass is 496 g/mol. The molecule has 0 atom stereocenters. The molecule has 0 fully saturated rings. The molecule has 0 radical (unpaired) electrons. The molecule has 3 rings (SSSR count). The first-order valence-electron chi connectivity index (χ1n) is 9.66. The minimum Gasteiger partial charge on any atom is -0.465 e. The molecule has 1 aromatic heterocycles. The number of aryl methyl sites for hydroxylation is 2. The van der Waals surface area contributed by atoms with E-state index in [1.54, 1.807) is 33.8 Å². The van der Waals surface area contributed by atoms with Crippen LogP contribution in [0.25, 0.3) is 10.6 Å². The fourth-order valence-electron chi connectivity index (χ4n) is 3.23. The van der Waals surface area contributed by atoms with Crippen LogP contribution in [0.3, 0.4) is 0 Å². The minimum atomic E-state index is -4.03. The maximum atomic E-state index is 13.6. The van der Waals surface area contributed by atoms with Crippen LogP contribution in [0.4, 0.5) is 10.2 Å². The van der Waals surface area contributed by atoms with Crippen molar-refractivity contribution in [2.24, 2.45) is 0 Å². The lowest BCUT2D eigenvalue weighted by molar-refractivity contribution is 0.0599. The number of thiazole rings is 1. The van der Waals surface area contributed by atoms with Crippen LogP contribution in [-0.2, 0) is 14.8 Å². The molecule has 0 saturated heterocycles. The second-order valence-electron chi connectivity index (χ2n) is 7.10. The highest BCUT2D eigenvalue weighted by Crippen LogP contribution is 2.36. The molecule has 0 aliphatic heterocycles. The first kappa shape index (κ1) is 24.2. The number of esters is 1. The number of methoxy groups -OCH3 is 1. The van der Waals surface area contributed by atoms with Crippen molar-refractivity contribution in [3.63, 3.8) is 0 Å². The second-order valence-corrected chi connectivity index (χ2v) is 10.6. The number of hydrogen-bond donors (Lipinski definition) is 0. The van der Waals surface area contributed by atoms with Crippen LogP contribution < -0.4 is 4.31 Å². The lowest BCUT2D eigenvalue weighted by Crippen LogP contribution is -2.32. The van der Waals surface area contributed by atoms with Gasteiger partial charge in [0.2, 0.25) is 0 Å². The van der Waals surface area contributed by atoms with Gasteiger partial charge in [-0.25, -0.2) is 26.9 Å². The predicted octanol–water partition coefficient (Wildman–Crippen LogP) is 5.53. The van der Waals surface area contributed by atoms with E-state index in [-0.39, 0.29) is 27.8 Å². The number of sulfonamides is 1. The summed E-state index contributed by atoms with van der Waals surface area (Å²) < 4.78 is 46.6. The maximum absolute atomic E-state index is 13.6. The Morgan fingerprint density at radius 1 is 1.22 bits per heavy atom. The van der Waals surface area contributed by atoms with Crippen LogP contribution in [0.5, 0.6) is 0 Å². The topological polar surface area (TPSA) is 76.6 Å². The normalized spacial score (nSPS) is 11.5. The van der Waals surface area contributed by atoms with E-state index < -0.39 is 21.8 Å². The average Bonchev–Trinajstić information content (AvgIpc) is 3.12. The van der Waals surface area contributed by atoms with Gasteiger partial charge in [0.1, 0.15) is 10.8 Å². The molecule has 0 saturated carbocycles. The zero-order chi connectivity index (χ0) is 23.8. The number of aromatic nitrogens is 1. The highest BCUT2D eigenvalue weighted by Gasteiger charge is 2.29. The van der Waals surface area contributed by atoms with Gasteiger partial charge in [-0.05, 0) is 69.2 Å². The van der Waals surface area contributed by atoms with Crippen LogP contribution in [0, 0.1) is 26.6 Å². The molecule has 0 amide bonds. The van der Waals surface area contributed by atoms with Gasteiger partial charge < -0.3 is 4.74 Å². The number of halogens is 2. The van der Waals surface area contributed by atoms with Crippen molar-refractivity contribution < 1.29 is 22.3 Å². The van der Waals surface area contributed by atoms with Gasteiger partial charge in [-0.2, -0.15) is 0 Å². The van der Waals surface area contributed by atoms with Crippen LogP contribution in [-0.4, -0.2) is 33.0 Å². The SMILES string of the molecule is CCN(c1nc(-c2ccc(F)c(Cl)c2)sc1C)S(=O)(=O)c1cc(C)c(C)c(C(=O)OC)c1. The Morgan fingerprint density at radius 2 is 1.91 bits per heavy atom. The molecular weight excluding hydrogens is 475 g/mol. The van der Waals surface area contributed by atoms with Crippen LogP contribution >= 0.6 is 22.9 Å². The summed E-state index contributed by atoms with van der Waals surface area (Å²) >= 11 is 7.17. The standard InChI is InChI=1S/C22H22ClFN2O4S2/c1-6-26(20-14(4)31-21(25-20)15-7-8-19(24)18(23)10-15)32(28,29)16-9-12(2)13(3)17(11-16)22(27)30-5/h7-11H,6H2,1-5H3. The molecule has 0 spiro atoms. The van der Waals surface area contributed by atoms with Crippen molar-refractivity contribution in [1.82, 2.24) is 4.98 Å². The molecule has 2 aromatic carbocycles. The lowest BCUT2D eigenvalue weighted by Gasteiger charge is -2.22. The number of benzene rings is 2. The highest BCUT2D eigenvalue weighted by molar-refractivity contribution is 7.92. The number of ether oxygens (including phenoxy) is 1. The average molecular weight is 497 g/mol. The van der Waals surface area contributed by atoms with Crippen molar-refractivity contribution in [2.45, 2.75) is 32.6 Å². The zero-order valence-electron chi connectivity index (χ0n) is 18.2. The van der Waals surface area contributed by atoms with Crippen LogP contribution in [0.2, 0.25) is 5.02 Å². The Morgan fingerprint density at radius 3 is 2.50 bits per heavy atom. The van der Waals surface area contributed by atoms with Gasteiger partial charge in [0.15, 0.2) is 5.82 Å². The molecule has 0 aliphatic carbocycles. The van der Waals surface area contributed by atoms with Crippen molar-refractivity contribution >= 4 is 44.7 Å². The van der Waals surface area contributed by atoms with Gasteiger partial charge in [0, 0.05) is 17.0 Å². The van der Waals surface area contributed by atoms with Crippen LogP contribution in [0.15, 0.2) is 35.2 Å². The third-order valence-electron chi connectivity index (χ3n) is 5.10. The number of nitrogens with zero attached hydrogens (tertiary/aromatic N) is 2. The number of rotatable bonds is 6. The summed E-state index contributed by atoms with van der Waals surface area (Å²) in [6.07, 6.45) is 0. The third kappa shape index (κ3) is 4.37. The Balaban J connectivity index is 2.11. The van der Waals surface area contributed by atoms with Gasteiger partial charge in [-0.3, -0.25) is 0 Å². The number of anilines is 1. The van der Waals surface area contributed by atoms with E-state index in [1.807, 2.05) is 0 Å². The summed E-state index contributed by atoms with van der Waals surface area (Å²) in [6.45, 7) is 7.06. The number of carbonyl (C=O) groups excluding carboxylic acids is 1. The first-order chi connectivity index (χ1) is 15.0. The van der Waals surface area contributed by atoms with E-state index in [2.05, 4.69) is 4.98 Å². The lowest BCUT2D eigenvalue weighted by atomic mass is 10.0. The molecule has 0 unspecified atom stereocenters. The smallest absolute Gasteiger partial charge is 0.338 e. The van der Waals surface area contributed by atoms with Crippen molar-refractivity contribution in [1.29, 1.82) is 0 Å². The first-order valence-corrected chi connectivity index (χ1v) is 12.3. The summed E-state index contributed by atoms with van der Waals surface area (Å²) in [5, 5.41) is 0.478. The van der Waals surface area contributed by atoms with Crippen molar-refractivity contribution in [3.8, 4) is 10.6 Å². The van der Waals surface area contributed by atoms with E-state index in [9.17, 15) is 17.6 Å². The van der Waals surface area contributed by atoms with Crippen molar-refractivity contribution in [2.75, 3.05) is 18.0 Å². The number of carbonyl (C=O) groups is 1. The van der Waals surface area contributed by atoms with E-state index in [0.29, 0.717) is 26.6 Å². The highest BCUT2D eigenvalue weighted by atomic mass is 35.5. The van der Waals surface area contributed by atoms with Gasteiger partial charge >= 0.3 is 5.97 Å². The molecule has 3 aromatic rings. The third-order valence-corrected chi connectivity index (χ3v) is 8.24. The Kier molecular flexibility index (Phi) is 6.92. The van der Waals surface area contributed by atoms with Gasteiger partial charge in [0.05, 0.1) is 22.6 Å². The molecular formula is C22H22ClFN2O4S2. The molecule has 0 aliphatic rings. The Bertz CT molecular complexity index is 1310. The predicted molar refractivity (Wildman–Crippen MR) is 125 cm³/mol. The number of hydrogen-bond acceptors (Lipinski definition) is 6. The maximum Gasteiger partial charge on any atom is 0.338 e. The van der Waals surface area contributed by atoms with E-state index in [0.717, 1.165) is 0 Å². The Hall–Kier alpha value is -2.49. The molecule has 0 bridgehead atoms. The summed E-state index contributed by atoms with van der Waals surface area (Å²) in [7, 11) is -2.78. The summed E-state index contributed by atoms with van der Waals surface area (Å²) in [5.74, 6) is -0.880. The van der Waals surface area contributed by atoms with E-state index in [1.165, 1.54) is 47.0 Å². The quantitative estimate of drug-likeness (QED) is 0.419. The van der Waals surface area contributed by atoms with E-state index in [4.69, 9.17) is 16.3 Å². The fraction of sp³-hybridized carbons (Fsp3) is 0.273. The van der Waals surface area contributed by atoms with Gasteiger partial charge in [0.25, 0.3) is 10.0 Å². The minimum absolute atomic E-state index is 0.0263. The summed E-state index contributed by atoms with van der Waals surface area (Å²) in [4.78, 5) is 17.3. The van der Waals surface area contributed by atoms with Gasteiger partial charge in [-0.15, -0.1) is 11.3 Å². The molecule has 1 heterocycles.